The summed E-state index contributed by atoms with van der Waals surface area (Å²) in [4.78, 5) is 21.1. The van der Waals surface area contributed by atoms with Crippen LogP contribution >= 0.6 is 0 Å². The lowest BCUT2D eigenvalue weighted by Gasteiger charge is -2.18. The van der Waals surface area contributed by atoms with Crippen LogP contribution in [0.5, 0.6) is 0 Å². The Morgan fingerprint density at radius 1 is 0.947 bits per heavy atom. The van der Waals surface area contributed by atoms with Gasteiger partial charge in [-0.3, -0.25) is 9.78 Å². The summed E-state index contributed by atoms with van der Waals surface area (Å²) < 4.78 is 0. The molecule has 0 amide bonds. The number of hydrogen-bond donors (Lipinski definition) is 1. The average molecular weight is 247 g/mol. The van der Waals surface area contributed by atoms with Gasteiger partial charge in [0.05, 0.1) is 17.6 Å². The van der Waals surface area contributed by atoms with Crippen molar-refractivity contribution in [3.8, 4) is 11.3 Å². The molecule has 0 bridgehead atoms. The van der Waals surface area contributed by atoms with Gasteiger partial charge in [-0.1, -0.05) is 24.3 Å². The van der Waals surface area contributed by atoms with Crippen LogP contribution in [0.25, 0.3) is 22.0 Å². The van der Waals surface area contributed by atoms with Crippen LogP contribution in [0.15, 0.2) is 42.7 Å². The molecular weight excluding hydrogens is 238 g/mol. The van der Waals surface area contributed by atoms with E-state index in [2.05, 4.69) is 9.97 Å². The second kappa shape index (κ2) is 3.38. The molecule has 2 N–H and O–H groups in total. The minimum absolute atomic E-state index is 0.0684. The lowest BCUT2D eigenvalue weighted by Crippen LogP contribution is -2.13. The molecule has 1 aliphatic rings. The van der Waals surface area contributed by atoms with Crippen molar-refractivity contribution in [2.75, 3.05) is 5.73 Å². The fourth-order valence-electron chi connectivity index (χ4n) is 2.60. The second-order valence-corrected chi connectivity index (χ2v) is 4.52. The standard InChI is InChI=1S/C15H9N3O/c16-11-7-18-14-12-10(11)5-6-17-13(12)8-3-1-2-4-9(8)15(14)19/h1-7H,16H2. The molecule has 90 valence electrons. The highest BCUT2D eigenvalue weighted by atomic mass is 16.1. The van der Waals surface area contributed by atoms with Gasteiger partial charge in [-0.15, -0.1) is 0 Å². The molecule has 0 spiro atoms. The molecule has 4 rings (SSSR count). The number of carbonyl (C=O) groups excluding carboxylic acids is 1. The Morgan fingerprint density at radius 2 is 1.74 bits per heavy atom. The zero-order valence-electron chi connectivity index (χ0n) is 9.92. The molecule has 0 saturated heterocycles. The Bertz CT molecular complexity index is 855. The molecule has 0 aliphatic heterocycles. The highest BCUT2D eigenvalue weighted by Crippen LogP contribution is 2.38. The monoisotopic (exact) mass is 247 g/mol. The molecule has 2 heterocycles. The van der Waals surface area contributed by atoms with E-state index < -0.39 is 0 Å². The van der Waals surface area contributed by atoms with Crippen molar-refractivity contribution >= 4 is 22.2 Å². The highest BCUT2D eigenvalue weighted by molar-refractivity contribution is 6.25. The first kappa shape index (κ1) is 10.2. The number of nitrogens with two attached hydrogens (primary N) is 1. The first-order chi connectivity index (χ1) is 9.27. The number of rotatable bonds is 0. The number of benzene rings is 1. The maximum atomic E-state index is 12.5. The van der Waals surface area contributed by atoms with Gasteiger partial charge in [0, 0.05) is 28.1 Å². The molecule has 0 saturated carbocycles. The van der Waals surface area contributed by atoms with Crippen LogP contribution in [0.4, 0.5) is 5.69 Å². The first-order valence-electron chi connectivity index (χ1n) is 5.94. The number of nitrogen functional groups attached to an aromatic ring is 1. The molecule has 0 fully saturated rings. The molecule has 4 nitrogen and oxygen atoms in total. The van der Waals surface area contributed by atoms with Gasteiger partial charge in [0.25, 0.3) is 0 Å². The van der Waals surface area contributed by atoms with E-state index in [1.807, 2.05) is 24.3 Å². The minimum atomic E-state index is -0.0684. The Labute approximate surface area is 108 Å². The Morgan fingerprint density at radius 3 is 2.58 bits per heavy atom. The third kappa shape index (κ3) is 1.20. The van der Waals surface area contributed by atoms with Crippen molar-refractivity contribution in [3.63, 3.8) is 0 Å². The summed E-state index contributed by atoms with van der Waals surface area (Å²) in [5, 5.41) is 1.59. The van der Waals surface area contributed by atoms with Crippen molar-refractivity contribution in [1.82, 2.24) is 9.97 Å². The summed E-state index contributed by atoms with van der Waals surface area (Å²) in [5.74, 6) is -0.0684. The molecular formula is C15H9N3O. The van der Waals surface area contributed by atoms with Crippen LogP contribution in [0.2, 0.25) is 0 Å². The summed E-state index contributed by atoms with van der Waals surface area (Å²) >= 11 is 0. The number of nitrogens with zero attached hydrogens (tertiary/aromatic N) is 2. The molecule has 19 heavy (non-hydrogen) atoms. The quantitative estimate of drug-likeness (QED) is 0.518. The number of carbonyl (C=O) groups is 1. The van der Waals surface area contributed by atoms with Gasteiger partial charge in [0.2, 0.25) is 5.78 Å². The van der Waals surface area contributed by atoms with Crippen molar-refractivity contribution in [3.05, 3.63) is 54.0 Å². The fourth-order valence-corrected chi connectivity index (χ4v) is 2.60. The zero-order valence-corrected chi connectivity index (χ0v) is 9.92. The van der Waals surface area contributed by atoms with Crippen LogP contribution in [0.1, 0.15) is 16.1 Å². The van der Waals surface area contributed by atoms with Crippen LogP contribution in [0, 0.1) is 0 Å². The lowest BCUT2D eigenvalue weighted by atomic mass is 9.88. The first-order valence-corrected chi connectivity index (χ1v) is 5.94. The number of pyridine rings is 2. The third-order valence-electron chi connectivity index (χ3n) is 3.47. The van der Waals surface area contributed by atoms with E-state index in [4.69, 9.17) is 5.73 Å². The van der Waals surface area contributed by atoms with Crippen LogP contribution in [-0.2, 0) is 0 Å². The van der Waals surface area contributed by atoms with Crippen molar-refractivity contribution in [2.24, 2.45) is 0 Å². The van der Waals surface area contributed by atoms with Gasteiger partial charge in [0.15, 0.2) is 0 Å². The molecule has 1 aliphatic carbocycles. The lowest BCUT2D eigenvalue weighted by molar-refractivity contribution is 0.103. The number of anilines is 1. The van der Waals surface area contributed by atoms with Gasteiger partial charge in [-0.2, -0.15) is 0 Å². The smallest absolute Gasteiger partial charge is 0.212 e. The summed E-state index contributed by atoms with van der Waals surface area (Å²) in [7, 11) is 0. The van der Waals surface area contributed by atoms with Gasteiger partial charge in [0.1, 0.15) is 5.69 Å². The van der Waals surface area contributed by atoms with Crippen LogP contribution in [0.3, 0.4) is 0 Å². The highest BCUT2D eigenvalue weighted by Gasteiger charge is 2.27. The van der Waals surface area contributed by atoms with Crippen LogP contribution in [-0.4, -0.2) is 15.8 Å². The van der Waals surface area contributed by atoms with E-state index in [0.29, 0.717) is 16.9 Å². The molecule has 3 aromatic rings. The second-order valence-electron chi connectivity index (χ2n) is 4.52. The predicted molar refractivity (Wildman–Crippen MR) is 72.8 cm³/mol. The molecule has 2 aromatic heterocycles. The van der Waals surface area contributed by atoms with Gasteiger partial charge in [-0.25, -0.2) is 4.98 Å². The SMILES string of the molecule is Nc1cnc2c3c(nccc13)-c1ccccc1C2=O. The Kier molecular flexibility index (Phi) is 1.82. The predicted octanol–water partition coefficient (Wildman–Crippen LogP) is 2.42. The molecule has 0 atom stereocenters. The molecule has 0 unspecified atom stereocenters. The summed E-state index contributed by atoms with van der Waals surface area (Å²) in [6.45, 7) is 0. The summed E-state index contributed by atoms with van der Waals surface area (Å²) in [6.07, 6.45) is 3.25. The number of aromatic nitrogens is 2. The zero-order chi connectivity index (χ0) is 13.0. The third-order valence-corrected chi connectivity index (χ3v) is 3.47. The van der Waals surface area contributed by atoms with Crippen molar-refractivity contribution in [1.29, 1.82) is 0 Å². The van der Waals surface area contributed by atoms with Crippen LogP contribution < -0.4 is 5.73 Å². The maximum absolute atomic E-state index is 12.5. The molecule has 0 radical (unpaired) electrons. The topological polar surface area (TPSA) is 68.9 Å². The maximum Gasteiger partial charge on any atom is 0.212 e. The van der Waals surface area contributed by atoms with E-state index in [0.717, 1.165) is 22.0 Å². The Hall–Kier alpha value is -2.75. The minimum Gasteiger partial charge on any atom is -0.397 e. The number of ketones is 1. The van der Waals surface area contributed by atoms with E-state index in [-0.39, 0.29) is 5.78 Å². The van der Waals surface area contributed by atoms with Crippen molar-refractivity contribution in [2.45, 2.75) is 0 Å². The Balaban J connectivity index is 2.28. The van der Waals surface area contributed by atoms with E-state index >= 15 is 0 Å². The summed E-state index contributed by atoms with van der Waals surface area (Å²) in [5.41, 5.74) is 9.21. The van der Waals surface area contributed by atoms with Gasteiger partial charge >= 0.3 is 0 Å². The normalized spacial score (nSPS) is 12.5. The van der Waals surface area contributed by atoms with Crippen molar-refractivity contribution < 1.29 is 4.79 Å². The van der Waals surface area contributed by atoms with E-state index in [9.17, 15) is 4.79 Å². The van der Waals surface area contributed by atoms with Gasteiger partial charge < -0.3 is 5.73 Å². The van der Waals surface area contributed by atoms with Gasteiger partial charge in [-0.05, 0) is 6.07 Å². The number of hydrogen-bond acceptors (Lipinski definition) is 4. The fraction of sp³-hybridized carbons (Fsp3) is 0. The van der Waals surface area contributed by atoms with E-state index in [1.165, 1.54) is 6.20 Å². The summed E-state index contributed by atoms with van der Waals surface area (Å²) in [6, 6.07) is 9.28. The number of fused-ring (bicyclic) bond motifs is 2. The van der Waals surface area contributed by atoms with E-state index in [1.54, 1.807) is 12.3 Å². The molecule has 4 heteroatoms. The molecule has 1 aromatic carbocycles. The average Bonchev–Trinajstić information content (AvgIpc) is 2.46. The largest absolute Gasteiger partial charge is 0.397 e.